The summed E-state index contributed by atoms with van der Waals surface area (Å²) < 4.78 is 10.5. The van der Waals surface area contributed by atoms with Gasteiger partial charge < -0.3 is 35.2 Å². The molecular weight excluding hydrogens is 590 g/mol. The lowest BCUT2D eigenvalue weighted by Crippen LogP contribution is -2.54. The van der Waals surface area contributed by atoms with Gasteiger partial charge in [0.1, 0.15) is 29.2 Å². The number of carbonyl (C=O) groups is 4. The maximum absolute atomic E-state index is 14.6. The molecule has 0 saturated carbocycles. The van der Waals surface area contributed by atoms with E-state index in [4.69, 9.17) is 9.47 Å². The number of aromatic hydroxyl groups is 2. The van der Waals surface area contributed by atoms with Crippen LogP contribution in [-0.4, -0.2) is 70.3 Å². The Morgan fingerprint density at radius 1 is 0.935 bits per heavy atom. The average Bonchev–Trinajstić information content (AvgIpc) is 2.98. The van der Waals surface area contributed by atoms with E-state index in [-0.39, 0.29) is 49.6 Å². The number of esters is 1. The fourth-order valence-corrected chi connectivity index (χ4v) is 4.94. The van der Waals surface area contributed by atoms with Gasteiger partial charge in [-0.2, -0.15) is 0 Å². The number of ether oxygens (including phenoxy) is 2. The van der Waals surface area contributed by atoms with E-state index < -0.39 is 41.6 Å². The van der Waals surface area contributed by atoms with Crippen molar-refractivity contribution in [2.45, 2.75) is 104 Å². The van der Waals surface area contributed by atoms with Crippen molar-refractivity contribution in [1.29, 1.82) is 0 Å². The quantitative estimate of drug-likeness (QED) is 0.131. The van der Waals surface area contributed by atoms with Crippen LogP contribution >= 0.6 is 0 Å². The van der Waals surface area contributed by atoms with Crippen LogP contribution in [0.1, 0.15) is 95.9 Å². The predicted octanol–water partition coefficient (Wildman–Crippen LogP) is 5.45. The molecule has 2 rings (SSSR count). The van der Waals surface area contributed by atoms with E-state index in [9.17, 15) is 29.4 Å². The van der Waals surface area contributed by atoms with Gasteiger partial charge in [-0.05, 0) is 64.3 Å². The second-order valence-corrected chi connectivity index (χ2v) is 12.3. The van der Waals surface area contributed by atoms with Crippen molar-refractivity contribution >= 4 is 23.9 Å². The van der Waals surface area contributed by atoms with E-state index in [1.807, 2.05) is 0 Å². The summed E-state index contributed by atoms with van der Waals surface area (Å²) in [6.45, 7) is 11.0. The molecule has 0 radical (unpaired) electrons. The first kappa shape index (κ1) is 37.9. The molecule has 2 atom stereocenters. The molecule has 2 unspecified atom stereocenters. The number of aryl methyl sites for hydroxylation is 1. The lowest BCUT2D eigenvalue weighted by atomic mass is 9.97. The van der Waals surface area contributed by atoms with Crippen molar-refractivity contribution < 1.29 is 38.9 Å². The van der Waals surface area contributed by atoms with Crippen LogP contribution < -0.4 is 10.6 Å². The summed E-state index contributed by atoms with van der Waals surface area (Å²) in [7, 11) is 0. The molecule has 0 saturated heterocycles. The Morgan fingerprint density at radius 3 is 2.24 bits per heavy atom. The van der Waals surface area contributed by atoms with Crippen LogP contribution in [0.25, 0.3) is 0 Å². The number of nitrogens with one attached hydrogen (secondary N) is 2. The summed E-state index contributed by atoms with van der Waals surface area (Å²) in [5.41, 5.74) is 0.564. The Labute approximate surface area is 272 Å². The largest absolute Gasteiger partial charge is 0.508 e. The molecule has 2 aromatic carbocycles. The molecular formula is C35H51N3O8. The Bertz CT molecular complexity index is 1290. The zero-order valence-electron chi connectivity index (χ0n) is 28.1. The lowest BCUT2D eigenvalue weighted by molar-refractivity contribution is -0.144. The molecule has 0 spiro atoms. The number of phenols is 2. The van der Waals surface area contributed by atoms with E-state index in [2.05, 4.69) is 17.6 Å². The van der Waals surface area contributed by atoms with Gasteiger partial charge in [0.2, 0.25) is 11.8 Å². The van der Waals surface area contributed by atoms with Crippen molar-refractivity contribution in [1.82, 2.24) is 15.5 Å². The zero-order chi connectivity index (χ0) is 34.3. The molecule has 0 heterocycles. The number of rotatable bonds is 17. The molecule has 0 bridgehead atoms. The number of hydrogen-bond donors (Lipinski definition) is 4. The van der Waals surface area contributed by atoms with Gasteiger partial charge in [-0.15, -0.1) is 0 Å². The van der Waals surface area contributed by atoms with Gasteiger partial charge in [-0.1, -0.05) is 62.9 Å². The van der Waals surface area contributed by atoms with Crippen molar-refractivity contribution in [3.8, 4) is 11.5 Å². The van der Waals surface area contributed by atoms with E-state index in [0.717, 1.165) is 25.7 Å². The highest BCUT2D eigenvalue weighted by Crippen LogP contribution is 2.33. The Morgan fingerprint density at radius 2 is 1.61 bits per heavy atom. The van der Waals surface area contributed by atoms with Crippen LogP contribution in [0.4, 0.5) is 4.79 Å². The first-order valence-electron chi connectivity index (χ1n) is 16.1. The second kappa shape index (κ2) is 18.6. The SMILES string of the molecule is CCCCCCCN(C(=O)C(Cc1ccc(O)cc1)NC(=O)OC(C)(C)C)C(C(=O)NCCC(=O)OCC)c1cccc(C)c1O. The number of benzene rings is 2. The number of unbranched alkanes of at least 4 members (excludes halogenated alkanes) is 4. The number of hydrogen-bond acceptors (Lipinski definition) is 8. The summed E-state index contributed by atoms with van der Waals surface area (Å²) in [6, 6.07) is 8.82. The number of alkyl carbamates (subject to hydrolysis) is 1. The van der Waals surface area contributed by atoms with Gasteiger partial charge in [-0.3, -0.25) is 14.4 Å². The van der Waals surface area contributed by atoms with Crippen LogP contribution in [0, 0.1) is 6.92 Å². The normalized spacial score (nSPS) is 12.5. The van der Waals surface area contributed by atoms with E-state index in [1.165, 1.54) is 17.0 Å². The van der Waals surface area contributed by atoms with Crippen molar-refractivity contribution in [3.63, 3.8) is 0 Å². The highest BCUT2D eigenvalue weighted by molar-refractivity contribution is 5.93. The molecule has 11 nitrogen and oxygen atoms in total. The van der Waals surface area contributed by atoms with Gasteiger partial charge in [0.25, 0.3) is 0 Å². The monoisotopic (exact) mass is 641 g/mol. The minimum atomic E-state index is -1.27. The summed E-state index contributed by atoms with van der Waals surface area (Å²) in [5.74, 6) is -1.70. The lowest BCUT2D eigenvalue weighted by Gasteiger charge is -2.35. The number of amides is 3. The Balaban J connectivity index is 2.58. The number of phenolic OH excluding ortho intramolecular Hbond substituents is 2. The summed E-state index contributed by atoms with van der Waals surface area (Å²) >= 11 is 0. The standard InChI is InChI=1S/C35H51N3O8/c1-7-9-10-11-12-22-38(30(27-15-13-14-24(3)31(27)41)32(42)36-21-20-29(40)45-8-2)33(43)28(37-34(44)46-35(4,5)6)23-25-16-18-26(39)19-17-25/h13-19,28,30,39,41H,7-12,20-23H2,1-6H3,(H,36,42)(H,37,44). The highest BCUT2D eigenvalue weighted by atomic mass is 16.6. The summed E-state index contributed by atoms with van der Waals surface area (Å²) in [6.07, 6.45) is 3.54. The zero-order valence-corrected chi connectivity index (χ0v) is 28.1. The molecule has 0 fully saturated rings. The van der Waals surface area contributed by atoms with Gasteiger partial charge in [0.15, 0.2) is 0 Å². The van der Waals surface area contributed by atoms with Crippen molar-refractivity contribution in [2.24, 2.45) is 0 Å². The second-order valence-electron chi connectivity index (χ2n) is 12.3. The third kappa shape index (κ3) is 12.6. The number of nitrogens with zero attached hydrogens (tertiary/aromatic N) is 1. The molecule has 0 aliphatic heterocycles. The summed E-state index contributed by atoms with van der Waals surface area (Å²) in [4.78, 5) is 54.9. The van der Waals surface area contributed by atoms with Crippen LogP contribution in [0.2, 0.25) is 0 Å². The topological polar surface area (TPSA) is 154 Å². The predicted molar refractivity (Wildman–Crippen MR) is 175 cm³/mol. The molecule has 254 valence electrons. The van der Waals surface area contributed by atoms with E-state index in [1.54, 1.807) is 65.0 Å². The van der Waals surface area contributed by atoms with E-state index >= 15 is 0 Å². The van der Waals surface area contributed by atoms with Crippen LogP contribution in [0.5, 0.6) is 11.5 Å². The number of carbonyl (C=O) groups excluding carboxylic acids is 4. The molecule has 0 aliphatic carbocycles. The molecule has 2 aromatic rings. The highest BCUT2D eigenvalue weighted by Gasteiger charge is 2.37. The molecule has 0 aromatic heterocycles. The van der Waals surface area contributed by atoms with Gasteiger partial charge in [0.05, 0.1) is 13.0 Å². The van der Waals surface area contributed by atoms with Crippen molar-refractivity contribution in [2.75, 3.05) is 19.7 Å². The third-order valence-electron chi connectivity index (χ3n) is 7.21. The minimum Gasteiger partial charge on any atom is -0.508 e. The van der Waals surface area contributed by atoms with Crippen molar-refractivity contribution in [3.05, 3.63) is 59.2 Å². The fraction of sp³-hybridized carbons (Fsp3) is 0.543. The van der Waals surface area contributed by atoms with E-state index in [0.29, 0.717) is 17.5 Å². The molecule has 4 N–H and O–H groups in total. The number of para-hydroxylation sites is 1. The van der Waals surface area contributed by atoms with Gasteiger partial charge in [0, 0.05) is 25.1 Å². The Hall–Kier alpha value is -4.28. The molecule has 11 heteroatoms. The maximum Gasteiger partial charge on any atom is 0.408 e. The first-order valence-corrected chi connectivity index (χ1v) is 16.1. The van der Waals surface area contributed by atoms with Gasteiger partial charge in [-0.25, -0.2) is 4.79 Å². The smallest absolute Gasteiger partial charge is 0.408 e. The third-order valence-corrected chi connectivity index (χ3v) is 7.21. The first-order chi connectivity index (χ1) is 21.8. The van der Waals surface area contributed by atoms with Crippen LogP contribution in [-0.2, 0) is 30.3 Å². The summed E-state index contributed by atoms with van der Waals surface area (Å²) in [5, 5.41) is 26.4. The molecule has 46 heavy (non-hydrogen) atoms. The maximum atomic E-state index is 14.6. The Kier molecular flexibility index (Phi) is 15.4. The minimum absolute atomic E-state index is 0.0353. The van der Waals surface area contributed by atoms with Gasteiger partial charge >= 0.3 is 12.1 Å². The average molecular weight is 642 g/mol. The molecule has 0 aliphatic rings. The van der Waals surface area contributed by atoms with Crippen LogP contribution in [0.15, 0.2) is 42.5 Å². The fourth-order valence-electron chi connectivity index (χ4n) is 4.94. The molecule has 3 amide bonds. The van der Waals surface area contributed by atoms with Crippen LogP contribution in [0.3, 0.4) is 0 Å².